The Kier molecular flexibility index (Phi) is 2.96. The molecule has 72 valence electrons. The Morgan fingerprint density at radius 3 is 2.69 bits per heavy atom. The van der Waals surface area contributed by atoms with Crippen LogP contribution in [0.4, 0.5) is 13.2 Å². The number of halogens is 3. The highest BCUT2D eigenvalue weighted by Crippen LogP contribution is 2.27. The lowest BCUT2D eigenvalue weighted by Gasteiger charge is -2.08. The molecule has 0 fully saturated rings. The quantitative estimate of drug-likeness (QED) is 0.587. The molecule has 0 N–H and O–H groups in total. The first-order valence-electron chi connectivity index (χ1n) is 4.07. The van der Waals surface area contributed by atoms with Gasteiger partial charge in [0.25, 0.3) is 0 Å². The van der Waals surface area contributed by atoms with E-state index in [9.17, 15) is 13.2 Å². The first kappa shape index (κ1) is 10.1. The summed E-state index contributed by atoms with van der Waals surface area (Å²) in [5.74, 6) is 0. The maximum atomic E-state index is 12.0. The minimum atomic E-state index is -4.09. The first-order chi connectivity index (χ1) is 5.97. The molecule has 13 heavy (non-hydrogen) atoms. The fourth-order valence-electron chi connectivity index (χ4n) is 1.25. The molecule has 0 bridgehead atoms. The Labute approximate surface area is 75.4 Å². The van der Waals surface area contributed by atoms with Gasteiger partial charge in [-0.15, -0.1) is 0 Å². The van der Waals surface area contributed by atoms with E-state index in [2.05, 4.69) is 0 Å². The number of rotatable bonds is 1. The SMILES string of the molecule is CC1=CC=CCC(CC(F)(F)F)=C1. The largest absolute Gasteiger partial charge is 0.392 e. The van der Waals surface area contributed by atoms with Crippen molar-refractivity contribution >= 4 is 0 Å². The van der Waals surface area contributed by atoms with E-state index in [0.717, 1.165) is 5.57 Å². The Morgan fingerprint density at radius 2 is 2.08 bits per heavy atom. The minimum Gasteiger partial charge on any atom is -0.171 e. The Balaban J connectivity index is 2.71. The fraction of sp³-hybridized carbons (Fsp3) is 0.400. The molecule has 1 aliphatic rings. The summed E-state index contributed by atoms with van der Waals surface area (Å²) in [5, 5.41) is 0. The summed E-state index contributed by atoms with van der Waals surface area (Å²) in [7, 11) is 0. The topological polar surface area (TPSA) is 0 Å². The maximum absolute atomic E-state index is 12.0. The molecular formula is C10H11F3. The van der Waals surface area contributed by atoms with Crippen LogP contribution in [0.15, 0.2) is 35.5 Å². The summed E-state index contributed by atoms with van der Waals surface area (Å²) in [5.41, 5.74) is 1.29. The second-order valence-electron chi connectivity index (χ2n) is 3.14. The molecule has 0 aliphatic heterocycles. The summed E-state index contributed by atoms with van der Waals surface area (Å²) in [4.78, 5) is 0. The van der Waals surface area contributed by atoms with E-state index in [1.165, 1.54) is 0 Å². The van der Waals surface area contributed by atoms with Gasteiger partial charge >= 0.3 is 6.18 Å². The third-order valence-corrected chi connectivity index (χ3v) is 1.73. The van der Waals surface area contributed by atoms with Crippen molar-refractivity contribution in [3.8, 4) is 0 Å². The van der Waals surface area contributed by atoms with Crippen molar-refractivity contribution in [1.82, 2.24) is 0 Å². The first-order valence-corrected chi connectivity index (χ1v) is 4.07. The molecule has 0 saturated carbocycles. The zero-order valence-electron chi connectivity index (χ0n) is 7.36. The van der Waals surface area contributed by atoms with Crippen LogP contribution in [-0.2, 0) is 0 Å². The lowest BCUT2D eigenvalue weighted by atomic mass is 10.1. The van der Waals surface area contributed by atoms with Crippen molar-refractivity contribution in [2.75, 3.05) is 0 Å². The van der Waals surface area contributed by atoms with Gasteiger partial charge in [-0.1, -0.05) is 35.5 Å². The van der Waals surface area contributed by atoms with Crippen LogP contribution in [0.3, 0.4) is 0 Å². The van der Waals surface area contributed by atoms with Gasteiger partial charge < -0.3 is 0 Å². The van der Waals surface area contributed by atoms with Crippen LogP contribution < -0.4 is 0 Å². The van der Waals surface area contributed by atoms with Crippen molar-refractivity contribution in [1.29, 1.82) is 0 Å². The average Bonchev–Trinajstić information content (AvgIpc) is 2.10. The average molecular weight is 188 g/mol. The van der Waals surface area contributed by atoms with Gasteiger partial charge in [0.15, 0.2) is 0 Å². The van der Waals surface area contributed by atoms with E-state index in [4.69, 9.17) is 0 Å². The van der Waals surface area contributed by atoms with Crippen LogP contribution >= 0.6 is 0 Å². The molecule has 1 rings (SSSR count). The molecule has 1 aliphatic carbocycles. The highest BCUT2D eigenvalue weighted by atomic mass is 19.4. The lowest BCUT2D eigenvalue weighted by molar-refractivity contribution is -0.127. The zero-order chi connectivity index (χ0) is 9.90. The van der Waals surface area contributed by atoms with Crippen LogP contribution in [0.2, 0.25) is 0 Å². The van der Waals surface area contributed by atoms with Crippen LogP contribution in [0.25, 0.3) is 0 Å². The van der Waals surface area contributed by atoms with Gasteiger partial charge in [0.05, 0.1) is 6.42 Å². The molecule has 0 heterocycles. The Morgan fingerprint density at radius 1 is 1.38 bits per heavy atom. The predicted molar refractivity (Wildman–Crippen MR) is 46.3 cm³/mol. The van der Waals surface area contributed by atoms with Crippen molar-refractivity contribution in [2.24, 2.45) is 0 Å². The highest BCUT2D eigenvalue weighted by Gasteiger charge is 2.28. The summed E-state index contributed by atoms with van der Waals surface area (Å²) in [6.07, 6.45) is 2.44. The predicted octanol–water partition coefficient (Wildman–Crippen LogP) is 3.77. The highest BCUT2D eigenvalue weighted by molar-refractivity contribution is 5.30. The van der Waals surface area contributed by atoms with Crippen LogP contribution in [-0.4, -0.2) is 6.18 Å². The monoisotopic (exact) mass is 188 g/mol. The molecule has 0 aromatic rings. The van der Waals surface area contributed by atoms with E-state index in [-0.39, 0.29) is 0 Å². The summed E-state index contributed by atoms with van der Waals surface area (Å²) in [6, 6.07) is 0. The van der Waals surface area contributed by atoms with Crippen molar-refractivity contribution in [3.05, 3.63) is 35.5 Å². The van der Waals surface area contributed by atoms with Crippen molar-refractivity contribution in [2.45, 2.75) is 25.9 Å². The Hall–Kier alpha value is -0.990. The molecule has 3 heteroatoms. The number of allylic oxidation sites excluding steroid dienone is 6. The van der Waals surface area contributed by atoms with Crippen molar-refractivity contribution < 1.29 is 13.2 Å². The van der Waals surface area contributed by atoms with Crippen LogP contribution in [0.1, 0.15) is 19.8 Å². The molecule has 0 radical (unpaired) electrons. The van der Waals surface area contributed by atoms with E-state index in [0.29, 0.717) is 12.0 Å². The van der Waals surface area contributed by atoms with Crippen LogP contribution in [0, 0.1) is 0 Å². The fourth-order valence-corrected chi connectivity index (χ4v) is 1.25. The molecule has 0 spiro atoms. The molecule has 0 atom stereocenters. The normalized spacial score (nSPS) is 17.8. The molecule has 0 unspecified atom stereocenters. The number of hydrogen-bond acceptors (Lipinski definition) is 0. The van der Waals surface area contributed by atoms with E-state index in [1.807, 2.05) is 6.08 Å². The third kappa shape index (κ3) is 3.97. The van der Waals surface area contributed by atoms with Gasteiger partial charge in [-0.2, -0.15) is 13.2 Å². The van der Waals surface area contributed by atoms with Crippen molar-refractivity contribution in [3.63, 3.8) is 0 Å². The van der Waals surface area contributed by atoms with Gasteiger partial charge in [0.1, 0.15) is 0 Å². The Bertz CT molecular complexity index is 266. The third-order valence-electron chi connectivity index (χ3n) is 1.73. The van der Waals surface area contributed by atoms with Gasteiger partial charge in [0.2, 0.25) is 0 Å². The summed E-state index contributed by atoms with van der Waals surface area (Å²) < 4.78 is 36.0. The summed E-state index contributed by atoms with van der Waals surface area (Å²) >= 11 is 0. The van der Waals surface area contributed by atoms with Gasteiger partial charge in [-0.25, -0.2) is 0 Å². The second-order valence-corrected chi connectivity index (χ2v) is 3.14. The molecule has 0 aromatic heterocycles. The minimum absolute atomic E-state index is 0.396. The van der Waals surface area contributed by atoms with E-state index < -0.39 is 12.6 Å². The molecule has 0 amide bonds. The zero-order valence-corrected chi connectivity index (χ0v) is 7.36. The second kappa shape index (κ2) is 3.81. The molecule has 0 saturated heterocycles. The molecular weight excluding hydrogens is 177 g/mol. The van der Waals surface area contributed by atoms with Gasteiger partial charge in [-0.3, -0.25) is 0 Å². The van der Waals surface area contributed by atoms with E-state index in [1.54, 1.807) is 25.2 Å². The van der Waals surface area contributed by atoms with Crippen LogP contribution in [0.5, 0.6) is 0 Å². The number of alkyl halides is 3. The maximum Gasteiger partial charge on any atom is 0.392 e. The number of hydrogen-bond donors (Lipinski definition) is 0. The standard InChI is InChI=1S/C10H11F3/c1-8-4-2-3-5-9(6-8)7-10(11,12)13/h2-4,6H,5,7H2,1H3. The molecule has 0 nitrogen and oxygen atoms in total. The van der Waals surface area contributed by atoms with E-state index >= 15 is 0 Å². The van der Waals surface area contributed by atoms with Gasteiger partial charge in [0, 0.05) is 0 Å². The lowest BCUT2D eigenvalue weighted by Crippen LogP contribution is -2.08. The summed E-state index contributed by atoms with van der Waals surface area (Å²) in [6.45, 7) is 1.80. The molecule has 0 aromatic carbocycles. The van der Waals surface area contributed by atoms with Gasteiger partial charge in [-0.05, 0) is 13.3 Å². The smallest absolute Gasteiger partial charge is 0.171 e.